The zero-order valence-electron chi connectivity index (χ0n) is 9.27. The predicted molar refractivity (Wildman–Crippen MR) is 56.3 cm³/mol. The highest BCUT2D eigenvalue weighted by molar-refractivity contribution is 7.86. The van der Waals surface area contributed by atoms with Gasteiger partial charge in [0.1, 0.15) is 18.3 Å². The van der Waals surface area contributed by atoms with Gasteiger partial charge in [-0.05, 0) is 0 Å². The van der Waals surface area contributed by atoms with Crippen molar-refractivity contribution >= 4 is 20.2 Å². The van der Waals surface area contributed by atoms with Gasteiger partial charge in [-0.1, -0.05) is 0 Å². The standard InChI is InChI=1S/C7H14O8S2/c1-16(9,10)14-4-5-7(8)6(3-13-5)15-17(2,11)12/h5-8H,3-4H2,1-2H3. The second-order valence-corrected chi connectivity index (χ2v) is 6.93. The summed E-state index contributed by atoms with van der Waals surface area (Å²) in [4.78, 5) is 0. The van der Waals surface area contributed by atoms with Gasteiger partial charge in [-0.2, -0.15) is 16.8 Å². The van der Waals surface area contributed by atoms with E-state index in [1.54, 1.807) is 0 Å². The van der Waals surface area contributed by atoms with Gasteiger partial charge >= 0.3 is 0 Å². The summed E-state index contributed by atoms with van der Waals surface area (Å²) in [6.07, 6.45) is -1.53. The Labute approximate surface area is 99.7 Å². The first-order valence-corrected chi connectivity index (χ1v) is 8.24. The molecule has 0 bridgehead atoms. The molecule has 3 unspecified atom stereocenters. The topological polar surface area (TPSA) is 116 Å². The van der Waals surface area contributed by atoms with Crippen LogP contribution >= 0.6 is 0 Å². The fraction of sp³-hybridized carbons (Fsp3) is 1.00. The zero-order valence-corrected chi connectivity index (χ0v) is 10.9. The van der Waals surface area contributed by atoms with Gasteiger partial charge in [0.15, 0.2) is 0 Å². The molecule has 0 aromatic heterocycles. The van der Waals surface area contributed by atoms with E-state index in [0.29, 0.717) is 0 Å². The first-order valence-electron chi connectivity index (χ1n) is 4.61. The van der Waals surface area contributed by atoms with Crippen molar-refractivity contribution < 1.29 is 35.0 Å². The molecule has 0 aromatic rings. The molecule has 10 heteroatoms. The largest absolute Gasteiger partial charge is 0.387 e. The normalized spacial score (nSPS) is 30.6. The van der Waals surface area contributed by atoms with Gasteiger partial charge in [0.2, 0.25) is 0 Å². The highest BCUT2D eigenvalue weighted by atomic mass is 32.2. The van der Waals surface area contributed by atoms with E-state index in [1.807, 2.05) is 0 Å². The summed E-state index contributed by atoms with van der Waals surface area (Å²) >= 11 is 0. The van der Waals surface area contributed by atoms with Crippen LogP contribution < -0.4 is 0 Å². The van der Waals surface area contributed by atoms with Crippen molar-refractivity contribution in [3.8, 4) is 0 Å². The fourth-order valence-electron chi connectivity index (χ4n) is 1.30. The maximum atomic E-state index is 10.8. The summed E-state index contributed by atoms with van der Waals surface area (Å²) in [5.74, 6) is 0. The summed E-state index contributed by atoms with van der Waals surface area (Å²) in [6.45, 7) is -0.532. The molecule has 1 heterocycles. The molecule has 1 aliphatic heterocycles. The minimum atomic E-state index is -3.71. The Hall–Kier alpha value is -0.260. The highest BCUT2D eigenvalue weighted by Crippen LogP contribution is 2.19. The Balaban J connectivity index is 2.53. The van der Waals surface area contributed by atoms with Gasteiger partial charge in [-0.3, -0.25) is 8.37 Å². The minimum Gasteiger partial charge on any atom is -0.387 e. The van der Waals surface area contributed by atoms with Crippen LogP contribution in [0.4, 0.5) is 0 Å². The van der Waals surface area contributed by atoms with E-state index in [4.69, 9.17) is 4.74 Å². The average molecular weight is 290 g/mol. The Morgan fingerprint density at radius 2 is 1.82 bits per heavy atom. The molecule has 0 spiro atoms. The van der Waals surface area contributed by atoms with Crippen molar-refractivity contribution in [2.75, 3.05) is 25.7 Å². The number of hydrogen-bond acceptors (Lipinski definition) is 8. The quantitative estimate of drug-likeness (QED) is 0.582. The van der Waals surface area contributed by atoms with Gasteiger partial charge in [-0.25, -0.2) is 0 Å². The second kappa shape index (κ2) is 5.16. The van der Waals surface area contributed by atoms with E-state index in [-0.39, 0.29) is 13.2 Å². The molecule has 1 fully saturated rings. The van der Waals surface area contributed by atoms with Crippen molar-refractivity contribution in [2.45, 2.75) is 18.3 Å². The lowest BCUT2D eigenvalue weighted by atomic mass is 10.2. The van der Waals surface area contributed by atoms with E-state index in [1.165, 1.54) is 0 Å². The Morgan fingerprint density at radius 3 is 2.29 bits per heavy atom. The molecule has 0 aromatic carbocycles. The van der Waals surface area contributed by atoms with E-state index in [9.17, 15) is 21.9 Å². The van der Waals surface area contributed by atoms with Gasteiger partial charge in [0.25, 0.3) is 20.2 Å². The van der Waals surface area contributed by atoms with Gasteiger partial charge in [-0.15, -0.1) is 0 Å². The number of aliphatic hydroxyl groups excluding tert-OH is 1. The zero-order chi connectivity index (χ0) is 13.3. The lowest BCUT2D eigenvalue weighted by Crippen LogP contribution is -2.36. The molecule has 1 rings (SSSR count). The van der Waals surface area contributed by atoms with Crippen molar-refractivity contribution in [2.24, 2.45) is 0 Å². The molecule has 0 amide bonds. The van der Waals surface area contributed by atoms with Crippen LogP contribution in [0.2, 0.25) is 0 Å². The van der Waals surface area contributed by atoms with Crippen LogP contribution in [0.5, 0.6) is 0 Å². The summed E-state index contributed by atoms with van der Waals surface area (Å²) < 4.78 is 57.1. The molecule has 0 aliphatic carbocycles. The third kappa shape index (κ3) is 5.27. The number of aliphatic hydroxyl groups is 1. The number of hydrogen-bond donors (Lipinski definition) is 1. The highest BCUT2D eigenvalue weighted by Gasteiger charge is 2.39. The molecule has 1 aliphatic rings. The first kappa shape index (κ1) is 14.8. The lowest BCUT2D eigenvalue weighted by molar-refractivity contribution is 0.00509. The summed E-state index contributed by atoms with van der Waals surface area (Å²) in [6, 6.07) is 0. The summed E-state index contributed by atoms with van der Waals surface area (Å²) in [5, 5.41) is 9.62. The smallest absolute Gasteiger partial charge is 0.264 e. The Bertz CT molecular complexity index is 452. The molecule has 17 heavy (non-hydrogen) atoms. The van der Waals surface area contributed by atoms with Crippen molar-refractivity contribution in [1.82, 2.24) is 0 Å². The third-order valence-corrected chi connectivity index (χ3v) is 3.14. The molecule has 102 valence electrons. The number of rotatable bonds is 5. The molecule has 0 radical (unpaired) electrons. The van der Waals surface area contributed by atoms with Crippen LogP contribution in [0.15, 0.2) is 0 Å². The van der Waals surface area contributed by atoms with Gasteiger partial charge in [0.05, 0.1) is 25.7 Å². The van der Waals surface area contributed by atoms with Crippen LogP contribution in [0.3, 0.4) is 0 Å². The molecular formula is C7H14O8S2. The van der Waals surface area contributed by atoms with E-state index < -0.39 is 38.5 Å². The molecule has 3 atom stereocenters. The van der Waals surface area contributed by atoms with Crippen LogP contribution in [-0.4, -0.2) is 66.0 Å². The maximum absolute atomic E-state index is 10.8. The minimum absolute atomic E-state index is 0.147. The maximum Gasteiger partial charge on any atom is 0.264 e. The van der Waals surface area contributed by atoms with E-state index in [0.717, 1.165) is 12.5 Å². The Morgan fingerprint density at radius 1 is 1.24 bits per heavy atom. The van der Waals surface area contributed by atoms with Crippen molar-refractivity contribution in [3.05, 3.63) is 0 Å². The van der Waals surface area contributed by atoms with Crippen LogP contribution in [0.1, 0.15) is 0 Å². The average Bonchev–Trinajstić information content (AvgIpc) is 2.41. The number of ether oxygens (including phenoxy) is 1. The molecule has 1 saturated heterocycles. The molecule has 8 nitrogen and oxygen atoms in total. The third-order valence-electron chi connectivity index (χ3n) is 1.98. The van der Waals surface area contributed by atoms with Gasteiger partial charge in [0, 0.05) is 0 Å². The van der Waals surface area contributed by atoms with Gasteiger partial charge < -0.3 is 9.84 Å². The predicted octanol–water partition coefficient (Wildman–Crippen LogP) is -1.93. The SMILES string of the molecule is CS(=O)(=O)OCC1OCC(OS(C)(=O)=O)C1O. The molecular weight excluding hydrogens is 276 g/mol. The van der Waals surface area contributed by atoms with E-state index >= 15 is 0 Å². The fourth-order valence-corrected chi connectivity index (χ4v) is 2.30. The molecule has 0 saturated carbocycles. The summed E-state index contributed by atoms with van der Waals surface area (Å²) in [7, 11) is -7.34. The Kier molecular flexibility index (Phi) is 4.49. The lowest BCUT2D eigenvalue weighted by Gasteiger charge is -2.16. The monoisotopic (exact) mass is 290 g/mol. The van der Waals surface area contributed by atoms with Crippen molar-refractivity contribution in [3.63, 3.8) is 0 Å². The van der Waals surface area contributed by atoms with Crippen molar-refractivity contribution in [1.29, 1.82) is 0 Å². The van der Waals surface area contributed by atoms with Crippen LogP contribution in [0, 0.1) is 0 Å². The van der Waals surface area contributed by atoms with Crippen LogP contribution in [-0.2, 0) is 33.3 Å². The molecule has 1 N–H and O–H groups in total. The van der Waals surface area contributed by atoms with Crippen LogP contribution in [0.25, 0.3) is 0 Å². The summed E-state index contributed by atoms with van der Waals surface area (Å²) in [5.41, 5.74) is 0. The second-order valence-electron chi connectivity index (χ2n) is 3.69. The first-order chi connectivity index (χ1) is 7.58. The van der Waals surface area contributed by atoms with E-state index in [2.05, 4.69) is 8.37 Å².